The van der Waals surface area contributed by atoms with Gasteiger partial charge in [-0.2, -0.15) is 0 Å². The molecule has 2 aliphatic rings. The van der Waals surface area contributed by atoms with Crippen molar-refractivity contribution in [3.05, 3.63) is 12.2 Å². The predicted molar refractivity (Wildman–Crippen MR) is 46.3 cm³/mol. The van der Waals surface area contributed by atoms with E-state index in [1.165, 1.54) is 12.2 Å². The van der Waals surface area contributed by atoms with Gasteiger partial charge >= 0.3 is 0 Å². The molecule has 3 nitrogen and oxygen atoms in total. The highest BCUT2D eigenvalue weighted by molar-refractivity contribution is 6.07. The fourth-order valence-electron chi connectivity index (χ4n) is 1.69. The number of hydrogen-bond acceptors (Lipinski definition) is 3. The first kappa shape index (κ1) is 9.42. The van der Waals surface area contributed by atoms with Gasteiger partial charge in [0.05, 0.1) is 0 Å². The third-order valence-electron chi connectivity index (χ3n) is 2.36. The van der Waals surface area contributed by atoms with Gasteiger partial charge in [-0.3, -0.25) is 9.59 Å². The molecule has 0 spiro atoms. The summed E-state index contributed by atoms with van der Waals surface area (Å²) in [6, 6.07) is 0. The molecule has 0 amide bonds. The van der Waals surface area contributed by atoms with Crippen LogP contribution in [0.2, 0.25) is 0 Å². The van der Waals surface area contributed by atoms with Crippen LogP contribution >= 0.6 is 12.4 Å². The Balaban J connectivity index is 0.000000720. The van der Waals surface area contributed by atoms with E-state index in [2.05, 4.69) is 5.32 Å². The van der Waals surface area contributed by atoms with E-state index in [4.69, 9.17) is 0 Å². The maximum atomic E-state index is 11.1. The zero-order valence-corrected chi connectivity index (χ0v) is 7.26. The van der Waals surface area contributed by atoms with Crippen LogP contribution in [0.1, 0.15) is 0 Å². The molecule has 4 heteroatoms. The first-order chi connectivity index (χ1) is 5.29. The van der Waals surface area contributed by atoms with Crippen molar-refractivity contribution in [1.82, 2.24) is 5.32 Å². The van der Waals surface area contributed by atoms with E-state index >= 15 is 0 Å². The highest BCUT2D eigenvalue weighted by atomic mass is 35.5. The molecule has 2 atom stereocenters. The molecule has 0 aromatic rings. The monoisotopic (exact) mass is 187 g/mol. The van der Waals surface area contributed by atoms with Gasteiger partial charge in [0.15, 0.2) is 11.6 Å². The zero-order valence-electron chi connectivity index (χ0n) is 6.45. The summed E-state index contributed by atoms with van der Waals surface area (Å²) in [4.78, 5) is 22.3. The van der Waals surface area contributed by atoms with Gasteiger partial charge in [0.1, 0.15) is 0 Å². The summed E-state index contributed by atoms with van der Waals surface area (Å²) in [6.45, 7) is 1.33. The predicted octanol–water partition coefficient (Wildman–Crippen LogP) is -0.0482. The summed E-state index contributed by atoms with van der Waals surface area (Å²) in [7, 11) is 0. The van der Waals surface area contributed by atoms with Crippen LogP contribution in [0.15, 0.2) is 12.2 Å². The molecule has 66 valence electrons. The van der Waals surface area contributed by atoms with Crippen molar-refractivity contribution < 1.29 is 9.59 Å². The lowest BCUT2D eigenvalue weighted by molar-refractivity contribution is -0.127. The van der Waals surface area contributed by atoms with Gasteiger partial charge in [-0.05, 0) is 12.2 Å². The molecule has 0 aromatic heterocycles. The molecule has 1 fully saturated rings. The number of carbonyl (C=O) groups excluding carboxylic acids is 2. The third kappa shape index (κ3) is 1.30. The van der Waals surface area contributed by atoms with Gasteiger partial charge < -0.3 is 5.32 Å². The summed E-state index contributed by atoms with van der Waals surface area (Å²) < 4.78 is 0. The SMILES string of the molecule is Cl.O=C1C=CC(=O)C2CNCC12. The molecule has 1 N–H and O–H groups in total. The number of nitrogens with one attached hydrogen (secondary N) is 1. The third-order valence-corrected chi connectivity index (χ3v) is 2.36. The van der Waals surface area contributed by atoms with Crippen LogP contribution in [0.3, 0.4) is 0 Å². The number of fused-ring (bicyclic) bond motifs is 1. The van der Waals surface area contributed by atoms with Crippen molar-refractivity contribution in [1.29, 1.82) is 0 Å². The molecule has 1 saturated heterocycles. The molecule has 2 unspecified atom stereocenters. The molecular weight excluding hydrogens is 178 g/mol. The molecule has 0 radical (unpaired) electrons. The van der Waals surface area contributed by atoms with E-state index in [0.717, 1.165) is 0 Å². The fraction of sp³-hybridized carbons (Fsp3) is 0.500. The topological polar surface area (TPSA) is 46.2 Å². The Hall–Kier alpha value is -0.670. The summed E-state index contributed by atoms with van der Waals surface area (Å²) in [5.41, 5.74) is 0. The van der Waals surface area contributed by atoms with Crippen LogP contribution in [0, 0.1) is 11.8 Å². The first-order valence-corrected chi connectivity index (χ1v) is 3.75. The van der Waals surface area contributed by atoms with E-state index in [1.54, 1.807) is 0 Å². The van der Waals surface area contributed by atoms with Crippen LogP contribution in [0.25, 0.3) is 0 Å². The second-order valence-corrected chi connectivity index (χ2v) is 3.01. The standard InChI is InChI=1S/C8H9NO2.ClH/c10-7-1-2-8(11)6-4-9-3-5(6)7;/h1-2,5-6,9H,3-4H2;1H. The minimum Gasteiger partial charge on any atom is -0.315 e. The van der Waals surface area contributed by atoms with Crippen LogP contribution in [-0.4, -0.2) is 24.7 Å². The van der Waals surface area contributed by atoms with Crippen molar-refractivity contribution >= 4 is 24.0 Å². The summed E-state index contributed by atoms with van der Waals surface area (Å²) in [5.74, 6) is 0.0409. The van der Waals surface area contributed by atoms with E-state index < -0.39 is 0 Å². The van der Waals surface area contributed by atoms with Gasteiger partial charge in [-0.1, -0.05) is 0 Å². The normalized spacial score (nSPS) is 33.0. The number of halogens is 1. The van der Waals surface area contributed by atoms with Crippen LogP contribution in [0.4, 0.5) is 0 Å². The van der Waals surface area contributed by atoms with Crippen molar-refractivity contribution in [2.45, 2.75) is 0 Å². The Morgan fingerprint density at radius 2 is 1.50 bits per heavy atom. The lowest BCUT2D eigenvalue weighted by atomic mass is 9.84. The van der Waals surface area contributed by atoms with Gasteiger partial charge in [0.25, 0.3) is 0 Å². The van der Waals surface area contributed by atoms with Gasteiger partial charge in [0, 0.05) is 24.9 Å². The second-order valence-electron chi connectivity index (χ2n) is 3.01. The zero-order chi connectivity index (χ0) is 7.84. The second kappa shape index (κ2) is 3.37. The Morgan fingerprint density at radius 3 is 1.92 bits per heavy atom. The lowest BCUT2D eigenvalue weighted by Gasteiger charge is -2.16. The average molecular weight is 188 g/mol. The summed E-state index contributed by atoms with van der Waals surface area (Å²) in [6.07, 6.45) is 2.80. The van der Waals surface area contributed by atoms with Crippen molar-refractivity contribution in [2.24, 2.45) is 11.8 Å². The molecule has 0 saturated carbocycles. The Labute approximate surface area is 76.6 Å². The summed E-state index contributed by atoms with van der Waals surface area (Å²) in [5, 5.41) is 3.04. The van der Waals surface area contributed by atoms with E-state index in [0.29, 0.717) is 13.1 Å². The maximum absolute atomic E-state index is 11.1. The summed E-state index contributed by atoms with van der Waals surface area (Å²) >= 11 is 0. The highest BCUT2D eigenvalue weighted by Gasteiger charge is 2.37. The number of ketones is 2. The van der Waals surface area contributed by atoms with Gasteiger partial charge in [-0.15, -0.1) is 12.4 Å². The Bertz CT molecular complexity index is 225. The van der Waals surface area contributed by atoms with E-state index in [-0.39, 0.29) is 35.8 Å². The highest BCUT2D eigenvalue weighted by Crippen LogP contribution is 2.23. The lowest BCUT2D eigenvalue weighted by Crippen LogP contribution is -2.30. The first-order valence-electron chi connectivity index (χ1n) is 3.75. The smallest absolute Gasteiger partial charge is 0.160 e. The Morgan fingerprint density at radius 1 is 1.08 bits per heavy atom. The Kier molecular flexibility index (Phi) is 2.65. The molecule has 0 aromatic carbocycles. The number of carbonyl (C=O) groups is 2. The molecule has 2 rings (SSSR count). The van der Waals surface area contributed by atoms with Crippen molar-refractivity contribution in [2.75, 3.05) is 13.1 Å². The van der Waals surface area contributed by atoms with Crippen LogP contribution < -0.4 is 5.32 Å². The van der Waals surface area contributed by atoms with Crippen LogP contribution in [0.5, 0.6) is 0 Å². The molecule has 0 bridgehead atoms. The maximum Gasteiger partial charge on any atom is 0.160 e. The van der Waals surface area contributed by atoms with Crippen molar-refractivity contribution in [3.8, 4) is 0 Å². The number of hydrogen-bond donors (Lipinski definition) is 1. The molecule has 12 heavy (non-hydrogen) atoms. The fourth-order valence-corrected chi connectivity index (χ4v) is 1.69. The molecule has 1 heterocycles. The average Bonchev–Trinajstić information content (AvgIpc) is 2.45. The van der Waals surface area contributed by atoms with E-state index in [1.807, 2.05) is 0 Å². The minimum atomic E-state index is -0.0764. The number of allylic oxidation sites excluding steroid dienone is 2. The van der Waals surface area contributed by atoms with E-state index in [9.17, 15) is 9.59 Å². The molecule has 1 aliphatic heterocycles. The van der Waals surface area contributed by atoms with Crippen LogP contribution in [-0.2, 0) is 9.59 Å². The molecular formula is C8H10ClNO2. The largest absolute Gasteiger partial charge is 0.315 e. The van der Waals surface area contributed by atoms with Gasteiger partial charge in [0.2, 0.25) is 0 Å². The number of rotatable bonds is 0. The quantitative estimate of drug-likeness (QED) is 0.579. The molecule has 1 aliphatic carbocycles. The van der Waals surface area contributed by atoms with Crippen molar-refractivity contribution in [3.63, 3.8) is 0 Å². The minimum absolute atomic E-state index is 0. The van der Waals surface area contributed by atoms with Gasteiger partial charge in [-0.25, -0.2) is 0 Å².